The molecule has 0 unspecified atom stereocenters. The number of nitrogens with zero attached hydrogens (tertiary/aromatic N) is 3. The molecule has 0 radical (unpaired) electrons. The van der Waals surface area contributed by atoms with Crippen molar-refractivity contribution in [1.82, 2.24) is 20.3 Å². The average Bonchev–Trinajstić information content (AvgIpc) is 3.41. The van der Waals surface area contributed by atoms with Crippen LogP contribution in [0.4, 0.5) is 0 Å². The summed E-state index contributed by atoms with van der Waals surface area (Å²) in [5.41, 5.74) is 0.432. The SMILES string of the molecule is Cc1oncc1C(=O)NC[C@@H]1CN(CC2CCN(CC3CC3)CC2)C(=O)CO1. The predicted molar refractivity (Wildman–Crippen MR) is 102 cm³/mol. The van der Waals surface area contributed by atoms with E-state index in [1.807, 2.05) is 4.90 Å². The highest BCUT2D eigenvalue weighted by atomic mass is 16.5. The Morgan fingerprint density at radius 1 is 1.21 bits per heavy atom. The second-order valence-electron chi connectivity index (χ2n) is 8.42. The Hall–Kier alpha value is -1.93. The highest BCUT2D eigenvalue weighted by Gasteiger charge is 2.31. The van der Waals surface area contributed by atoms with Crippen molar-refractivity contribution in [2.75, 3.05) is 45.9 Å². The number of carbonyl (C=O) groups excluding carboxylic acids is 2. The minimum atomic E-state index is -0.228. The highest BCUT2D eigenvalue weighted by molar-refractivity contribution is 5.94. The fourth-order valence-corrected chi connectivity index (χ4v) is 4.13. The molecule has 4 rings (SSSR count). The van der Waals surface area contributed by atoms with Gasteiger partial charge in [-0.05, 0) is 57.5 Å². The Kier molecular flexibility index (Phi) is 5.96. The Labute approximate surface area is 165 Å². The Morgan fingerprint density at radius 3 is 2.64 bits per heavy atom. The smallest absolute Gasteiger partial charge is 0.256 e. The number of rotatable bonds is 7. The van der Waals surface area contributed by atoms with Crippen LogP contribution in [0.5, 0.6) is 0 Å². The summed E-state index contributed by atoms with van der Waals surface area (Å²) in [5, 5.41) is 6.48. The molecule has 1 aliphatic carbocycles. The van der Waals surface area contributed by atoms with Crippen LogP contribution in [0.2, 0.25) is 0 Å². The van der Waals surface area contributed by atoms with Crippen LogP contribution in [0, 0.1) is 18.8 Å². The normalized spacial score (nSPS) is 24.5. The maximum atomic E-state index is 12.3. The Balaban J connectivity index is 1.21. The van der Waals surface area contributed by atoms with Gasteiger partial charge in [0.15, 0.2) is 0 Å². The van der Waals surface area contributed by atoms with E-state index >= 15 is 0 Å². The van der Waals surface area contributed by atoms with E-state index in [0.29, 0.717) is 30.3 Å². The van der Waals surface area contributed by atoms with Crippen LogP contribution in [-0.4, -0.2) is 78.8 Å². The maximum Gasteiger partial charge on any atom is 0.256 e. The zero-order valence-electron chi connectivity index (χ0n) is 16.6. The van der Waals surface area contributed by atoms with Crippen molar-refractivity contribution in [2.45, 2.75) is 38.7 Å². The molecule has 0 bridgehead atoms. The van der Waals surface area contributed by atoms with Gasteiger partial charge >= 0.3 is 0 Å². The van der Waals surface area contributed by atoms with E-state index in [-0.39, 0.29) is 24.5 Å². The number of ether oxygens (including phenoxy) is 1. The molecular weight excluding hydrogens is 360 g/mol. The number of aryl methyl sites for hydroxylation is 1. The maximum absolute atomic E-state index is 12.3. The van der Waals surface area contributed by atoms with Crippen molar-refractivity contribution in [3.05, 3.63) is 17.5 Å². The lowest BCUT2D eigenvalue weighted by Crippen LogP contribution is -2.52. The fourth-order valence-electron chi connectivity index (χ4n) is 4.13. The van der Waals surface area contributed by atoms with Crippen LogP contribution in [0.25, 0.3) is 0 Å². The first-order chi connectivity index (χ1) is 13.6. The van der Waals surface area contributed by atoms with Gasteiger partial charge in [-0.2, -0.15) is 0 Å². The van der Waals surface area contributed by atoms with Gasteiger partial charge in [-0.15, -0.1) is 0 Å². The van der Waals surface area contributed by atoms with Gasteiger partial charge in [0.25, 0.3) is 5.91 Å². The van der Waals surface area contributed by atoms with E-state index in [1.165, 1.54) is 25.6 Å². The third-order valence-electron chi connectivity index (χ3n) is 6.10. The zero-order valence-corrected chi connectivity index (χ0v) is 16.6. The van der Waals surface area contributed by atoms with E-state index < -0.39 is 0 Å². The minimum absolute atomic E-state index is 0.0536. The number of piperidine rings is 1. The van der Waals surface area contributed by atoms with Gasteiger partial charge in [-0.25, -0.2) is 0 Å². The average molecular weight is 390 g/mol. The van der Waals surface area contributed by atoms with E-state index in [2.05, 4.69) is 15.4 Å². The lowest BCUT2D eigenvalue weighted by Gasteiger charge is -2.38. The summed E-state index contributed by atoms with van der Waals surface area (Å²) in [7, 11) is 0. The van der Waals surface area contributed by atoms with E-state index in [1.54, 1.807) is 6.92 Å². The van der Waals surface area contributed by atoms with Crippen molar-refractivity contribution in [3.63, 3.8) is 0 Å². The van der Waals surface area contributed by atoms with Gasteiger partial charge in [-0.1, -0.05) is 5.16 Å². The molecule has 2 amide bonds. The van der Waals surface area contributed by atoms with Crippen LogP contribution in [0.15, 0.2) is 10.7 Å². The van der Waals surface area contributed by atoms with Crippen molar-refractivity contribution < 1.29 is 18.8 Å². The lowest BCUT2D eigenvalue weighted by atomic mass is 9.95. The van der Waals surface area contributed by atoms with Crippen LogP contribution < -0.4 is 5.32 Å². The molecular formula is C20H30N4O4. The number of carbonyl (C=O) groups is 2. The molecule has 154 valence electrons. The third kappa shape index (κ3) is 4.91. The van der Waals surface area contributed by atoms with Crippen LogP contribution in [0.3, 0.4) is 0 Å². The zero-order chi connectivity index (χ0) is 19.5. The van der Waals surface area contributed by atoms with Crippen LogP contribution in [0.1, 0.15) is 41.8 Å². The number of amides is 2. The highest BCUT2D eigenvalue weighted by Crippen LogP contribution is 2.31. The Morgan fingerprint density at radius 2 is 1.96 bits per heavy atom. The topological polar surface area (TPSA) is 87.9 Å². The van der Waals surface area contributed by atoms with Crippen molar-refractivity contribution in [2.24, 2.45) is 11.8 Å². The molecule has 0 aromatic carbocycles. The summed E-state index contributed by atoms with van der Waals surface area (Å²) < 4.78 is 10.5. The monoisotopic (exact) mass is 390 g/mol. The number of morpholine rings is 1. The Bertz CT molecular complexity index is 694. The first-order valence-electron chi connectivity index (χ1n) is 10.4. The number of hydrogen-bond donors (Lipinski definition) is 1. The van der Waals surface area contributed by atoms with Crippen molar-refractivity contribution in [1.29, 1.82) is 0 Å². The first-order valence-corrected chi connectivity index (χ1v) is 10.4. The fraction of sp³-hybridized carbons (Fsp3) is 0.750. The summed E-state index contributed by atoms with van der Waals surface area (Å²) in [6.45, 7) is 7.06. The number of likely N-dealkylation sites (tertiary alicyclic amines) is 1. The van der Waals surface area contributed by atoms with E-state index in [4.69, 9.17) is 9.26 Å². The second kappa shape index (κ2) is 8.61. The minimum Gasteiger partial charge on any atom is -0.365 e. The molecule has 3 aliphatic rings. The van der Waals surface area contributed by atoms with E-state index in [9.17, 15) is 9.59 Å². The second-order valence-corrected chi connectivity index (χ2v) is 8.42. The van der Waals surface area contributed by atoms with Gasteiger partial charge in [0.05, 0.1) is 12.3 Å². The molecule has 1 saturated carbocycles. The first kappa shape index (κ1) is 19.4. The van der Waals surface area contributed by atoms with Crippen molar-refractivity contribution in [3.8, 4) is 0 Å². The molecule has 28 heavy (non-hydrogen) atoms. The molecule has 1 atom stereocenters. The largest absolute Gasteiger partial charge is 0.365 e. The predicted octanol–water partition coefficient (Wildman–Crippen LogP) is 1.06. The summed E-state index contributed by atoms with van der Waals surface area (Å²) in [6, 6.07) is 0. The van der Waals surface area contributed by atoms with Gasteiger partial charge in [0, 0.05) is 26.2 Å². The van der Waals surface area contributed by atoms with Gasteiger partial charge in [0.2, 0.25) is 5.91 Å². The number of aromatic nitrogens is 1. The molecule has 3 fully saturated rings. The van der Waals surface area contributed by atoms with Gasteiger partial charge in [0.1, 0.15) is 17.9 Å². The molecule has 1 aromatic heterocycles. The van der Waals surface area contributed by atoms with Crippen molar-refractivity contribution >= 4 is 11.8 Å². The standard InChI is InChI=1S/C20H30N4O4/c1-14-18(9-22-28-14)20(26)21-8-17-12-24(19(25)13-27-17)11-16-4-6-23(7-5-16)10-15-2-3-15/h9,15-17H,2-8,10-13H2,1H3,(H,21,26)/t17-/m1/s1. The van der Waals surface area contributed by atoms with Gasteiger partial charge < -0.3 is 24.4 Å². The molecule has 1 aromatic rings. The summed E-state index contributed by atoms with van der Waals surface area (Å²) in [5.74, 6) is 1.82. The molecule has 2 aliphatic heterocycles. The quantitative estimate of drug-likeness (QED) is 0.749. The summed E-state index contributed by atoms with van der Waals surface area (Å²) in [6.07, 6.45) is 6.35. The molecule has 1 N–H and O–H groups in total. The van der Waals surface area contributed by atoms with Crippen LogP contribution >= 0.6 is 0 Å². The molecule has 8 nitrogen and oxygen atoms in total. The lowest BCUT2D eigenvalue weighted by molar-refractivity contribution is -0.149. The molecule has 2 saturated heterocycles. The molecule has 0 spiro atoms. The third-order valence-corrected chi connectivity index (χ3v) is 6.10. The number of hydrogen-bond acceptors (Lipinski definition) is 6. The summed E-state index contributed by atoms with van der Waals surface area (Å²) >= 11 is 0. The molecule has 3 heterocycles. The summed E-state index contributed by atoms with van der Waals surface area (Å²) in [4.78, 5) is 29.0. The molecule has 8 heteroatoms. The number of nitrogens with one attached hydrogen (secondary N) is 1. The van der Waals surface area contributed by atoms with Gasteiger partial charge in [-0.3, -0.25) is 9.59 Å². The van der Waals surface area contributed by atoms with E-state index in [0.717, 1.165) is 38.4 Å². The van der Waals surface area contributed by atoms with Crippen LogP contribution in [-0.2, 0) is 9.53 Å².